The van der Waals surface area contributed by atoms with Gasteiger partial charge in [0.25, 0.3) is 0 Å². The molecule has 16 heavy (non-hydrogen) atoms. The van der Waals surface area contributed by atoms with Gasteiger partial charge < -0.3 is 9.84 Å². The molecule has 1 rings (SSSR count). The van der Waals surface area contributed by atoms with Crippen molar-refractivity contribution in [2.45, 2.75) is 26.8 Å². The van der Waals surface area contributed by atoms with Crippen molar-refractivity contribution in [2.75, 3.05) is 6.61 Å². The Hall–Kier alpha value is -1.78. The van der Waals surface area contributed by atoms with Gasteiger partial charge in [-0.3, -0.25) is 4.68 Å². The molecule has 0 radical (unpaired) electrons. The van der Waals surface area contributed by atoms with Gasteiger partial charge in [-0.1, -0.05) is 0 Å². The Balaban J connectivity index is 2.49. The topological polar surface area (TPSA) is 64.4 Å². The van der Waals surface area contributed by atoms with Crippen LogP contribution >= 0.6 is 0 Å². The van der Waals surface area contributed by atoms with E-state index in [4.69, 9.17) is 9.84 Å². The average Bonchev–Trinajstić information content (AvgIpc) is 2.66. The maximum atomic E-state index is 10.5. The molecule has 1 N–H and O–H groups in total. The summed E-state index contributed by atoms with van der Waals surface area (Å²) in [6.45, 7) is 5.81. The summed E-state index contributed by atoms with van der Waals surface area (Å²) < 4.78 is 7.12. The zero-order chi connectivity index (χ0) is 12.1. The molecule has 0 bridgehead atoms. The lowest BCUT2D eigenvalue weighted by molar-refractivity contribution is -0.132. The molecule has 0 unspecified atom stereocenters. The van der Waals surface area contributed by atoms with Crippen LogP contribution in [0.15, 0.2) is 24.0 Å². The largest absolute Gasteiger partial charge is 0.486 e. The number of rotatable bonds is 5. The standard InChI is InChI=1S/C11H16N2O3/c1-8(2)13-7-10(6-12-13)16-5-4-9(3)11(14)15/h4,6-8H,5H2,1-3H3,(H,14,15)/b9-4-. The summed E-state index contributed by atoms with van der Waals surface area (Å²) >= 11 is 0. The van der Waals surface area contributed by atoms with Crippen molar-refractivity contribution < 1.29 is 14.6 Å². The van der Waals surface area contributed by atoms with Crippen LogP contribution in [0.3, 0.4) is 0 Å². The summed E-state index contributed by atoms with van der Waals surface area (Å²) in [5.74, 6) is -0.287. The number of carboxylic acids is 1. The van der Waals surface area contributed by atoms with Crippen LogP contribution in [0.1, 0.15) is 26.8 Å². The lowest BCUT2D eigenvalue weighted by Crippen LogP contribution is -2.01. The number of aliphatic carboxylic acids is 1. The van der Waals surface area contributed by atoms with Crippen molar-refractivity contribution >= 4 is 5.97 Å². The van der Waals surface area contributed by atoms with E-state index in [2.05, 4.69) is 5.10 Å². The molecule has 0 aromatic carbocycles. The van der Waals surface area contributed by atoms with Gasteiger partial charge >= 0.3 is 5.97 Å². The first-order valence-electron chi connectivity index (χ1n) is 5.07. The summed E-state index contributed by atoms with van der Waals surface area (Å²) in [4.78, 5) is 10.5. The molecule has 0 fully saturated rings. The van der Waals surface area contributed by atoms with Crippen LogP contribution in [0.4, 0.5) is 0 Å². The normalized spacial score (nSPS) is 11.9. The van der Waals surface area contributed by atoms with E-state index in [9.17, 15) is 4.79 Å². The fourth-order valence-electron chi connectivity index (χ4n) is 1.03. The molecular formula is C11H16N2O3. The van der Waals surface area contributed by atoms with Gasteiger partial charge in [0.1, 0.15) is 6.61 Å². The van der Waals surface area contributed by atoms with Crippen LogP contribution in [-0.2, 0) is 4.79 Å². The first-order chi connectivity index (χ1) is 7.50. The first kappa shape index (κ1) is 12.3. The zero-order valence-electron chi connectivity index (χ0n) is 9.67. The predicted molar refractivity (Wildman–Crippen MR) is 59.5 cm³/mol. The quantitative estimate of drug-likeness (QED) is 0.775. The van der Waals surface area contributed by atoms with Crippen molar-refractivity contribution in [1.29, 1.82) is 0 Å². The summed E-state index contributed by atoms with van der Waals surface area (Å²) in [6.07, 6.45) is 4.92. The Labute approximate surface area is 94.3 Å². The molecule has 5 nitrogen and oxygen atoms in total. The van der Waals surface area contributed by atoms with E-state index in [1.165, 1.54) is 13.0 Å². The number of carbonyl (C=O) groups is 1. The number of nitrogens with zero attached hydrogens (tertiary/aromatic N) is 2. The van der Waals surface area contributed by atoms with Crippen LogP contribution < -0.4 is 4.74 Å². The Morgan fingerprint density at radius 2 is 2.38 bits per heavy atom. The third kappa shape index (κ3) is 3.42. The van der Waals surface area contributed by atoms with Gasteiger partial charge in [-0.25, -0.2) is 4.79 Å². The van der Waals surface area contributed by atoms with Gasteiger partial charge in [0.15, 0.2) is 5.75 Å². The molecule has 1 heterocycles. The lowest BCUT2D eigenvalue weighted by Gasteiger charge is -2.03. The second-order valence-corrected chi connectivity index (χ2v) is 3.75. The van der Waals surface area contributed by atoms with Crippen molar-refractivity contribution in [3.63, 3.8) is 0 Å². The molecular weight excluding hydrogens is 208 g/mol. The molecule has 1 aromatic rings. The molecule has 1 aromatic heterocycles. The minimum Gasteiger partial charge on any atom is -0.486 e. The lowest BCUT2D eigenvalue weighted by atomic mass is 10.3. The molecule has 5 heteroatoms. The highest BCUT2D eigenvalue weighted by atomic mass is 16.5. The van der Waals surface area contributed by atoms with Crippen LogP contribution in [-0.4, -0.2) is 27.5 Å². The van der Waals surface area contributed by atoms with Gasteiger partial charge in [0, 0.05) is 11.6 Å². The van der Waals surface area contributed by atoms with Gasteiger partial charge in [-0.05, 0) is 26.8 Å². The molecule has 0 spiro atoms. The second kappa shape index (κ2) is 5.34. The Kier molecular flexibility index (Phi) is 4.10. The highest BCUT2D eigenvalue weighted by molar-refractivity contribution is 5.85. The summed E-state index contributed by atoms with van der Waals surface area (Å²) in [5, 5.41) is 12.7. The highest BCUT2D eigenvalue weighted by Gasteiger charge is 2.02. The van der Waals surface area contributed by atoms with E-state index in [1.54, 1.807) is 17.1 Å². The van der Waals surface area contributed by atoms with E-state index >= 15 is 0 Å². The second-order valence-electron chi connectivity index (χ2n) is 3.75. The van der Waals surface area contributed by atoms with E-state index in [-0.39, 0.29) is 18.2 Å². The Morgan fingerprint density at radius 3 is 2.88 bits per heavy atom. The highest BCUT2D eigenvalue weighted by Crippen LogP contribution is 2.12. The van der Waals surface area contributed by atoms with E-state index < -0.39 is 5.97 Å². The molecule has 88 valence electrons. The third-order valence-corrected chi connectivity index (χ3v) is 2.08. The van der Waals surface area contributed by atoms with Crippen LogP contribution in [0.2, 0.25) is 0 Å². The SMILES string of the molecule is C/C(=C/COc1cnn(C(C)C)c1)C(=O)O. The average molecular weight is 224 g/mol. The molecule has 0 amide bonds. The number of carboxylic acid groups (broad SMARTS) is 1. The van der Waals surface area contributed by atoms with Gasteiger partial charge in [-0.15, -0.1) is 0 Å². The smallest absolute Gasteiger partial charge is 0.331 e. The first-order valence-corrected chi connectivity index (χ1v) is 5.07. The maximum Gasteiger partial charge on any atom is 0.331 e. The number of hydrogen-bond acceptors (Lipinski definition) is 3. The minimum absolute atomic E-state index is 0.238. The fourth-order valence-corrected chi connectivity index (χ4v) is 1.03. The summed E-state index contributed by atoms with van der Waals surface area (Å²) in [5.41, 5.74) is 0.274. The predicted octanol–water partition coefficient (Wildman–Crippen LogP) is 1.87. The van der Waals surface area contributed by atoms with E-state index in [1.807, 2.05) is 13.8 Å². The van der Waals surface area contributed by atoms with Gasteiger partial charge in [0.05, 0.1) is 12.4 Å². The van der Waals surface area contributed by atoms with Crippen molar-refractivity contribution in [3.05, 3.63) is 24.0 Å². The number of ether oxygens (including phenoxy) is 1. The van der Waals surface area contributed by atoms with Crippen molar-refractivity contribution in [3.8, 4) is 5.75 Å². The summed E-state index contributed by atoms with van der Waals surface area (Å²) in [7, 11) is 0. The minimum atomic E-state index is -0.929. The molecule has 0 aliphatic heterocycles. The van der Waals surface area contributed by atoms with Gasteiger partial charge in [-0.2, -0.15) is 5.10 Å². The van der Waals surface area contributed by atoms with Crippen LogP contribution in [0, 0.1) is 0 Å². The number of aromatic nitrogens is 2. The monoisotopic (exact) mass is 224 g/mol. The molecule has 0 saturated carbocycles. The van der Waals surface area contributed by atoms with Crippen molar-refractivity contribution in [2.24, 2.45) is 0 Å². The Morgan fingerprint density at radius 1 is 1.69 bits per heavy atom. The molecule has 0 aliphatic carbocycles. The van der Waals surface area contributed by atoms with E-state index in [0.29, 0.717) is 5.75 Å². The van der Waals surface area contributed by atoms with Crippen molar-refractivity contribution in [1.82, 2.24) is 9.78 Å². The number of hydrogen-bond donors (Lipinski definition) is 1. The maximum absolute atomic E-state index is 10.5. The Bertz CT molecular complexity index is 394. The third-order valence-electron chi connectivity index (χ3n) is 2.08. The molecule has 0 saturated heterocycles. The molecule has 0 aliphatic rings. The van der Waals surface area contributed by atoms with Gasteiger partial charge in [0.2, 0.25) is 0 Å². The van der Waals surface area contributed by atoms with Crippen LogP contribution in [0.5, 0.6) is 5.75 Å². The fraction of sp³-hybridized carbons (Fsp3) is 0.455. The zero-order valence-corrected chi connectivity index (χ0v) is 9.67. The summed E-state index contributed by atoms with van der Waals surface area (Å²) in [6, 6.07) is 0.286. The molecule has 0 atom stereocenters. The van der Waals surface area contributed by atoms with E-state index in [0.717, 1.165) is 0 Å². The van der Waals surface area contributed by atoms with Crippen LogP contribution in [0.25, 0.3) is 0 Å².